The van der Waals surface area contributed by atoms with Crippen LogP contribution in [0.5, 0.6) is 5.75 Å². The molecule has 6 heteroatoms. The van der Waals surface area contributed by atoms with Crippen molar-refractivity contribution in [3.05, 3.63) is 52.8 Å². The Balaban J connectivity index is 2.35. The van der Waals surface area contributed by atoms with E-state index in [9.17, 15) is 9.18 Å². The number of hydrogen-bond acceptors (Lipinski definition) is 3. The third-order valence-corrected chi connectivity index (χ3v) is 3.10. The number of nitrogen functional groups attached to an aromatic ring is 1. The van der Waals surface area contributed by atoms with Crippen molar-refractivity contribution >= 4 is 28.9 Å². The highest BCUT2D eigenvalue weighted by molar-refractivity contribution is 6.34. The molecule has 2 rings (SSSR count). The Hall–Kier alpha value is -2.27. The Morgan fingerprint density at radius 2 is 2.05 bits per heavy atom. The molecule has 21 heavy (non-hydrogen) atoms. The van der Waals surface area contributed by atoms with Gasteiger partial charge < -0.3 is 15.8 Å². The van der Waals surface area contributed by atoms with Crippen LogP contribution in [-0.2, 0) is 0 Å². The third-order valence-electron chi connectivity index (χ3n) is 2.78. The lowest BCUT2D eigenvalue weighted by Crippen LogP contribution is -2.15. The normalized spacial score (nSPS) is 10.2. The second-order valence-electron chi connectivity index (χ2n) is 4.21. The molecule has 0 aromatic heterocycles. The van der Waals surface area contributed by atoms with Gasteiger partial charge in [0, 0.05) is 0 Å². The van der Waals surface area contributed by atoms with Gasteiger partial charge in [-0.1, -0.05) is 23.7 Å². The van der Waals surface area contributed by atoms with Gasteiger partial charge in [-0.3, -0.25) is 4.79 Å². The standard InChI is InChI=1S/C15H14ClFN2O2/c1-2-21-14-9(5-3-8-12(14)18)15(20)19-13-10(16)6-4-7-11(13)17/h3-8H,2,18H2,1H3,(H,19,20). The summed E-state index contributed by atoms with van der Waals surface area (Å²) in [7, 11) is 0. The molecule has 1 amide bonds. The molecule has 0 atom stereocenters. The Morgan fingerprint density at radius 3 is 2.71 bits per heavy atom. The summed E-state index contributed by atoms with van der Waals surface area (Å²) >= 11 is 5.88. The van der Waals surface area contributed by atoms with E-state index in [1.54, 1.807) is 25.1 Å². The quantitative estimate of drug-likeness (QED) is 0.846. The lowest BCUT2D eigenvalue weighted by atomic mass is 10.1. The van der Waals surface area contributed by atoms with E-state index in [2.05, 4.69) is 5.32 Å². The SMILES string of the molecule is CCOc1c(N)cccc1C(=O)Nc1c(F)cccc1Cl. The Labute approximate surface area is 126 Å². The van der Waals surface area contributed by atoms with E-state index >= 15 is 0 Å². The van der Waals surface area contributed by atoms with Crippen molar-refractivity contribution in [2.75, 3.05) is 17.7 Å². The third kappa shape index (κ3) is 3.25. The summed E-state index contributed by atoms with van der Waals surface area (Å²) in [5.74, 6) is -0.888. The van der Waals surface area contributed by atoms with Gasteiger partial charge in [0.2, 0.25) is 0 Å². The average Bonchev–Trinajstić information content (AvgIpc) is 2.45. The molecule has 0 heterocycles. The van der Waals surface area contributed by atoms with Gasteiger partial charge in [0.25, 0.3) is 5.91 Å². The molecule has 0 aliphatic rings. The van der Waals surface area contributed by atoms with Gasteiger partial charge in [-0.25, -0.2) is 4.39 Å². The van der Waals surface area contributed by atoms with Crippen molar-refractivity contribution in [2.45, 2.75) is 6.92 Å². The predicted molar refractivity (Wildman–Crippen MR) is 81.4 cm³/mol. The summed E-state index contributed by atoms with van der Waals surface area (Å²) in [4.78, 5) is 12.3. The molecule has 0 saturated carbocycles. The number of para-hydroxylation sites is 2. The topological polar surface area (TPSA) is 64.3 Å². The first-order chi connectivity index (χ1) is 10.0. The second-order valence-corrected chi connectivity index (χ2v) is 4.61. The number of rotatable bonds is 4. The minimum atomic E-state index is -0.613. The molecule has 0 unspecified atom stereocenters. The first-order valence-corrected chi connectivity index (χ1v) is 6.69. The van der Waals surface area contributed by atoms with Gasteiger partial charge in [-0.15, -0.1) is 0 Å². The van der Waals surface area contributed by atoms with Crippen LogP contribution in [0.4, 0.5) is 15.8 Å². The number of carbonyl (C=O) groups excluding carboxylic acids is 1. The summed E-state index contributed by atoms with van der Waals surface area (Å²) in [6.45, 7) is 2.14. The fourth-order valence-electron chi connectivity index (χ4n) is 1.84. The van der Waals surface area contributed by atoms with Gasteiger partial charge in [-0.2, -0.15) is 0 Å². The van der Waals surface area contributed by atoms with Crippen molar-refractivity contribution in [1.29, 1.82) is 0 Å². The number of nitrogens with one attached hydrogen (secondary N) is 1. The molecule has 3 N–H and O–H groups in total. The fraction of sp³-hybridized carbons (Fsp3) is 0.133. The molecule has 0 fully saturated rings. The van der Waals surface area contributed by atoms with Gasteiger partial charge in [0.1, 0.15) is 5.82 Å². The summed E-state index contributed by atoms with van der Waals surface area (Å²) in [6, 6.07) is 8.95. The van der Waals surface area contributed by atoms with Crippen molar-refractivity contribution in [3.63, 3.8) is 0 Å². The van der Waals surface area contributed by atoms with Crippen molar-refractivity contribution in [3.8, 4) is 5.75 Å². The molecule has 2 aromatic rings. The maximum atomic E-state index is 13.7. The van der Waals surface area contributed by atoms with E-state index < -0.39 is 11.7 Å². The van der Waals surface area contributed by atoms with Crippen molar-refractivity contribution in [1.82, 2.24) is 0 Å². The van der Waals surface area contributed by atoms with Crippen LogP contribution in [0.25, 0.3) is 0 Å². The van der Waals surface area contributed by atoms with E-state index in [0.29, 0.717) is 12.3 Å². The largest absolute Gasteiger partial charge is 0.491 e. The molecule has 0 bridgehead atoms. The Kier molecular flexibility index (Phi) is 4.65. The number of halogens is 2. The minimum Gasteiger partial charge on any atom is -0.491 e. The van der Waals surface area contributed by atoms with Crippen LogP contribution in [0.2, 0.25) is 5.02 Å². The Bertz CT molecular complexity index is 656. The maximum Gasteiger partial charge on any atom is 0.259 e. The average molecular weight is 309 g/mol. The van der Waals surface area contributed by atoms with E-state index in [0.717, 1.165) is 0 Å². The summed E-state index contributed by atoms with van der Waals surface area (Å²) < 4.78 is 19.1. The molecule has 4 nitrogen and oxygen atoms in total. The lowest BCUT2D eigenvalue weighted by Gasteiger charge is -2.13. The second kappa shape index (κ2) is 6.45. The molecule has 0 radical (unpaired) electrons. The molecule has 0 spiro atoms. The van der Waals surface area contributed by atoms with Crippen LogP contribution in [0, 0.1) is 5.82 Å². The van der Waals surface area contributed by atoms with Crippen LogP contribution in [0.1, 0.15) is 17.3 Å². The lowest BCUT2D eigenvalue weighted by molar-refractivity contribution is 0.102. The summed E-state index contributed by atoms with van der Waals surface area (Å²) in [5, 5.41) is 2.56. The van der Waals surface area contributed by atoms with Crippen LogP contribution in [0.3, 0.4) is 0 Å². The van der Waals surface area contributed by atoms with Crippen LogP contribution >= 0.6 is 11.6 Å². The minimum absolute atomic E-state index is 0.0750. The van der Waals surface area contributed by atoms with E-state index in [1.807, 2.05) is 0 Å². The highest BCUT2D eigenvalue weighted by Crippen LogP contribution is 2.29. The van der Waals surface area contributed by atoms with Gasteiger partial charge in [-0.05, 0) is 31.2 Å². The number of ether oxygens (including phenoxy) is 1. The molecular weight excluding hydrogens is 295 g/mol. The zero-order chi connectivity index (χ0) is 15.4. The predicted octanol–water partition coefficient (Wildman–Crippen LogP) is 3.71. The molecule has 2 aromatic carbocycles. The van der Waals surface area contributed by atoms with Crippen LogP contribution < -0.4 is 15.8 Å². The van der Waals surface area contributed by atoms with Crippen molar-refractivity contribution < 1.29 is 13.9 Å². The number of hydrogen-bond donors (Lipinski definition) is 2. The number of nitrogens with two attached hydrogens (primary N) is 1. The van der Waals surface area contributed by atoms with E-state index in [-0.39, 0.29) is 22.0 Å². The number of amides is 1. The molecular formula is C15H14ClFN2O2. The monoisotopic (exact) mass is 308 g/mol. The first-order valence-electron chi connectivity index (χ1n) is 6.31. The van der Waals surface area contributed by atoms with Crippen LogP contribution in [0.15, 0.2) is 36.4 Å². The smallest absolute Gasteiger partial charge is 0.259 e. The maximum absolute atomic E-state index is 13.7. The summed E-state index contributed by atoms with van der Waals surface area (Å²) in [6.07, 6.45) is 0. The van der Waals surface area contributed by atoms with Crippen molar-refractivity contribution in [2.24, 2.45) is 0 Å². The first kappa shape index (κ1) is 15.1. The molecule has 0 aliphatic heterocycles. The van der Waals surface area contributed by atoms with E-state index in [4.69, 9.17) is 22.1 Å². The summed E-state index contributed by atoms with van der Waals surface area (Å²) in [5.41, 5.74) is 6.27. The van der Waals surface area contributed by atoms with Gasteiger partial charge in [0.05, 0.1) is 28.6 Å². The molecule has 110 valence electrons. The van der Waals surface area contributed by atoms with Crippen LogP contribution in [-0.4, -0.2) is 12.5 Å². The van der Waals surface area contributed by atoms with Gasteiger partial charge in [0.15, 0.2) is 5.75 Å². The number of carbonyl (C=O) groups is 1. The van der Waals surface area contributed by atoms with Gasteiger partial charge >= 0.3 is 0 Å². The highest BCUT2D eigenvalue weighted by Gasteiger charge is 2.17. The number of anilines is 2. The molecule has 0 aliphatic carbocycles. The van der Waals surface area contributed by atoms with E-state index in [1.165, 1.54) is 18.2 Å². The Morgan fingerprint density at radius 1 is 1.33 bits per heavy atom. The fourth-order valence-corrected chi connectivity index (χ4v) is 2.05. The molecule has 0 saturated heterocycles. The zero-order valence-corrected chi connectivity index (χ0v) is 12.1. The zero-order valence-electron chi connectivity index (χ0n) is 11.3. The highest BCUT2D eigenvalue weighted by atomic mass is 35.5. The number of benzene rings is 2.